The molecular formula is C40H40N6O2. The highest BCUT2D eigenvalue weighted by Crippen LogP contribution is 2.18. The van der Waals surface area contributed by atoms with Crippen LogP contribution in [0.3, 0.4) is 0 Å². The van der Waals surface area contributed by atoms with Gasteiger partial charge in [-0.05, 0) is 60.4 Å². The zero-order chi connectivity index (χ0) is 33.3. The Balaban J connectivity index is 1.13. The molecule has 2 aromatic heterocycles. The number of carbonyl (C=O) groups excluding carboxylic acids is 2. The highest BCUT2D eigenvalue weighted by molar-refractivity contribution is 5.81. The third kappa shape index (κ3) is 8.18. The van der Waals surface area contributed by atoms with E-state index in [2.05, 4.69) is 35.7 Å². The number of hydrogen-bond acceptors (Lipinski definition) is 4. The third-order valence-corrected chi connectivity index (χ3v) is 8.18. The summed E-state index contributed by atoms with van der Waals surface area (Å²) in [6.07, 6.45) is 2.49. The van der Waals surface area contributed by atoms with Gasteiger partial charge in [0.25, 0.3) is 0 Å². The summed E-state index contributed by atoms with van der Waals surface area (Å²) in [6.45, 7) is 6.35. The average molecular weight is 637 g/mol. The summed E-state index contributed by atoms with van der Waals surface area (Å²) in [6, 6.07) is 31.5. The minimum atomic E-state index is 0.0888. The molecule has 0 spiro atoms. The van der Waals surface area contributed by atoms with Gasteiger partial charge in [-0.3, -0.25) is 9.59 Å². The molecule has 6 rings (SSSR count). The molecule has 2 N–H and O–H groups in total. The van der Waals surface area contributed by atoms with Crippen molar-refractivity contribution in [1.29, 1.82) is 0 Å². The molecule has 2 heterocycles. The second-order valence-electron chi connectivity index (χ2n) is 12.0. The largest absolute Gasteiger partial charge is 0.340 e. The van der Waals surface area contributed by atoms with Crippen molar-refractivity contribution in [2.75, 3.05) is 13.1 Å². The molecule has 0 aliphatic rings. The van der Waals surface area contributed by atoms with Crippen molar-refractivity contribution in [1.82, 2.24) is 29.7 Å². The van der Waals surface area contributed by atoms with E-state index in [-0.39, 0.29) is 11.8 Å². The Bertz CT molecular complexity index is 1920. The van der Waals surface area contributed by atoms with Crippen LogP contribution >= 0.6 is 0 Å². The number of imidazole rings is 2. The number of nitrogens with one attached hydrogen (secondary N) is 2. The lowest BCUT2D eigenvalue weighted by Crippen LogP contribution is -2.33. The molecule has 0 fully saturated rings. The quantitative estimate of drug-likeness (QED) is 0.144. The molecule has 0 aliphatic carbocycles. The van der Waals surface area contributed by atoms with Crippen molar-refractivity contribution in [2.24, 2.45) is 0 Å². The van der Waals surface area contributed by atoms with Gasteiger partial charge in [-0.2, -0.15) is 0 Å². The second-order valence-corrected chi connectivity index (χ2v) is 12.0. The SMILES string of the molecule is CCCN(Cc1nc2cc(C#Cc3ccc4nc(CN(CCC)C(=O)Cc5ccccc5)[nH]c4c3)ccc2[nH]1)C(=O)Cc1ccccc1. The zero-order valence-electron chi connectivity index (χ0n) is 27.5. The Morgan fingerprint density at radius 1 is 0.604 bits per heavy atom. The molecule has 48 heavy (non-hydrogen) atoms. The van der Waals surface area contributed by atoms with E-state index in [1.165, 1.54) is 0 Å². The summed E-state index contributed by atoms with van der Waals surface area (Å²) in [5.41, 5.74) is 7.18. The first-order valence-corrected chi connectivity index (χ1v) is 16.6. The van der Waals surface area contributed by atoms with Gasteiger partial charge in [-0.1, -0.05) is 86.4 Å². The first-order chi connectivity index (χ1) is 23.5. The maximum atomic E-state index is 13.1. The van der Waals surface area contributed by atoms with E-state index in [4.69, 9.17) is 9.97 Å². The molecule has 0 atom stereocenters. The number of H-pyrrole nitrogens is 2. The molecule has 0 aliphatic heterocycles. The fraction of sp³-hybridized carbons (Fsp3) is 0.250. The Morgan fingerprint density at radius 2 is 1.10 bits per heavy atom. The summed E-state index contributed by atoms with van der Waals surface area (Å²) >= 11 is 0. The minimum absolute atomic E-state index is 0.0888. The molecular weight excluding hydrogens is 596 g/mol. The number of fused-ring (bicyclic) bond motifs is 2. The Hall–Kier alpha value is -5.68. The number of hydrogen-bond donors (Lipinski definition) is 2. The second kappa shape index (κ2) is 15.3. The fourth-order valence-corrected chi connectivity index (χ4v) is 5.82. The van der Waals surface area contributed by atoms with Crippen molar-refractivity contribution in [2.45, 2.75) is 52.6 Å². The molecule has 4 aromatic carbocycles. The number of benzene rings is 4. The van der Waals surface area contributed by atoms with Gasteiger partial charge in [-0.25, -0.2) is 9.97 Å². The first-order valence-electron chi connectivity index (χ1n) is 16.6. The predicted molar refractivity (Wildman–Crippen MR) is 190 cm³/mol. The molecule has 0 radical (unpaired) electrons. The van der Waals surface area contributed by atoms with Gasteiger partial charge in [0.15, 0.2) is 0 Å². The highest BCUT2D eigenvalue weighted by Gasteiger charge is 2.17. The van der Waals surface area contributed by atoms with Gasteiger partial charge >= 0.3 is 0 Å². The van der Waals surface area contributed by atoms with Gasteiger partial charge in [0.1, 0.15) is 11.6 Å². The lowest BCUT2D eigenvalue weighted by Gasteiger charge is -2.21. The Kier molecular flexibility index (Phi) is 10.3. The van der Waals surface area contributed by atoms with Crippen LogP contribution in [0.1, 0.15) is 60.6 Å². The van der Waals surface area contributed by atoms with Crippen LogP contribution in [0.2, 0.25) is 0 Å². The first kappa shape index (κ1) is 32.3. The third-order valence-electron chi connectivity index (χ3n) is 8.18. The van der Waals surface area contributed by atoms with Crippen molar-refractivity contribution >= 4 is 33.9 Å². The Labute approximate surface area is 281 Å². The van der Waals surface area contributed by atoms with E-state index in [1.807, 2.05) is 107 Å². The zero-order valence-corrected chi connectivity index (χ0v) is 27.5. The van der Waals surface area contributed by atoms with E-state index in [0.717, 1.165) is 68.8 Å². The molecule has 8 nitrogen and oxygen atoms in total. The number of nitrogens with zero attached hydrogens (tertiary/aromatic N) is 4. The van der Waals surface area contributed by atoms with Crippen LogP contribution in [0.4, 0.5) is 0 Å². The standard InChI is InChI=1S/C40H40N6O2/c1-3-21-45(39(47)25-29-11-7-5-8-12-29)27-37-41-33-19-17-31(23-35(33)43-37)15-16-32-18-20-34-36(24-32)44-38(42-34)28-46(22-4-2)40(48)26-30-13-9-6-10-14-30/h5-14,17-20,23-24H,3-4,21-22,25-28H2,1-2H3,(H,41,43)(H,42,44). The van der Waals surface area contributed by atoms with Gasteiger partial charge < -0.3 is 19.8 Å². The van der Waals surface area contributed by atoms with Crippen LogP contribution < -0.4 is 0 Å². The van der Waals surface area contributed by atoms with Gasteiger partial charge in [-0.15, -0.1) is 0 Å². The summed E-state index contributed by atoms with van der Waals surface area (Å²) in [5, 5.41) is 0. The molecule has 242 valence electrons. The summed E-state index contributed by atoms with van der Waals surface area (Å²) in [5.74, 6) is 8.23. The van der Waals surface area contributed by atoms with E-state index < -0.39 is 0 Å². The predicted octanol–water partition coefficient (Wildman–Crippen LogP) is 6.80. The maximum absolute atomic E-state index is 13.1. The van der Waals surface area contributed by atoms with Crippen molar-refractivity contribution in [3.05, 3.63) is 131 Å². The van der Waals surface area contributed by atoms with Crippen LogP contribution in [0, 0.1) is 11.8 Å². The monoisotopic (exact) mass is 636 g/mol. The van der Waals surface area contributed by atoms with E-state index >= 15 is 0 Å². The molecule has 6 aromatic rings. The molecule has 2 amide bonds. The minimum Gasteiger partial charge on any atom is -0.340 e. The van der Waals surface area contributed by atoms with Crippen molar-refractivity contribution in [3.63, 3.8) is 0 Å². The van der Waals surface area contributed by atoms with Crippen molar-refractivity contribution < 1.29 is 9.59 Å². The number of aromatic nitrogens is 4. The lowest BCUT2D eigenvalue weighted by molar-refractivity contribution is -0.132. The van der Waals surface area contributed by atoms with Gasteiger partial charge in [0.2, 0.25) is 11.8 Å². The molecule has 0 unspecified atom stereocenters. The molecule has 0 bridgehead atoms. The van der Waals surface area contributed by atoms with Crippen LogP contribution in [0.25, 0.3) is 22.1 Å². The highest BCUT2D eigenvalue weighted by atomic mass is 16.2. The summed E-state index contributed by atoms with van der Waals surface area (Å²) in [4.78, 5) is 46.2. The number of aromatic amines is 2. The summed E-state index contributed by atoms with van der Waals surface area (Å²) in [7, 11) is 0. The van der Waals surface area contributed by atoms with E-state index in [0.29, 0.717) is 39.0 Å². The van der Waals surface area contributed by atoms with Crippen LogP contribution in [0.5, 0.6) is 0 Å². The van der Waals surface area contributed by atoms with Crippen LogP contribution in [-0.2, 0) is 35.5 Å². The normalized spacial score (nSPS) is 11.0. The van der Waals surface area contributed by atoms with Gasteiger partial charge in [0.05, 0.1) is 48.0 Å². The number of rotatable bonds is 12. The number of carbonyl (C=O) groups is 2. The topological polar surface area (TPSA) is 98.0 Å². The number of amides is 2. The van der Waals surface area contributed by atoms with Gasteiger partial charge in [0, 0.05) is 24.2 Å². The molecule has 0 saturated carbocycles. The lowest BCUT2D eigenvalue weighted by atomic mass is 10.1. The Morgan fingerprint density at radius 3 is 1.67 bits per heavy atom. The molecule has 0 saturated heterocycles. The average Bonchev–Trinajstić information content (AvgIpc) is 3.70. The summed E-state index contributed by atoms with van der Waals surface area (Å²) < 4.78 is 0. The van der Waals surface area contributed by atoms with Crippen LogP contribution in [0.15, 0.2) is 97.1 Å². The maximum Gasteiger partial charge on any atom is 0.227 e. The van der Waals surface area contributed by atoms with E-state index in [9.17, 15) is 9.59 Å². The fourth-order valence-electron chi connectivity index (χ4n) is 5.82. The van der Waals surface area contributed by atoms with Crippen molar-refractivity contribution in [3.8, 4) is 11.8 Å². The smallest absolute Gasteiger partial charge is 0.227 e. The molecule has 8 heteroatoms. The van der Waals surface area contributed by atoms with E-state index in [1.54, 1.807) is 0 Å². The van der Waals surface area contributed by atoms with Crippen LogP contribution in [-0.4, -0.2) is 54.6 Å².